The third kappa shape index (κ3) is 16.7. The molecule has 1 unspecified atom stereocenters. The Balaban J connectivity index is 0. The zero-order valence-corrected chi connectivity index (χ0v) is 16.8. The smallest absolute Gasteiger partial charge is 0.105 e. The first kappa shape index (κ1) is 24.6. The van der Waals surface area contributed by atoms with Crippen molar-refractivity contribution in [2.24, 2.45) is 0 Å². The number of rotatable bonds is 15. The molecule has 2 N–H and O–H groups in total. The van der Waals surface area contributed by atoms with E-state index in [1.165, 1.54) is 57.8 Å². The molecule has 0 aliphatic heterocycles. The lowest BCUT2D eigenvalue weighted by molar-refractivity contribution is -0.893. The highest BCUT2D eigenvalue weighted by Crippen LogP contribution is 2.13. The Bertz CT molecular complexity index is 225. The lowest BCUT2D eigenvalue weighted by Gasteiger charge is -2.31. The lowest BCUT2D eigenvalue weighted by Crippen LogP contribution is -3.00. The molecule has 0 aliphatic carbocycles. The van der Waals surface area contributed by atoms with Gasteiger partial charge in [-0.1, -0.05) is 71.1 Å². The van der Waals surface area contributed by atoms with E-state index in [1.54, 1.807) is 0 Å². The topological polar surface area (TPSA) is 40.5 Å². The SMILES string of the molecule is CCCCCCCCCCCCC(O)C[N+](C)(C)CCO.[Br-]. The summed E-state index contributed by atoms with van der Waals surface area (Å²) in [7, 11) is 4.13. The van der Waals surface area contributed by atoms with E-state index in [4.69, 9.17) is 5.11 Å². The molecular weight excluding hydrogens is 342 g/mol. The summed E-state index contributed by atoms with van der Waals surface area (Å²) in [6.45, 7) is 3.92. The molecule has 0 saturated heterocycles. The third-order valence-electron chi connectivity index (χ3n) is 4.30. The monoisotopic (exact) mass is 381 g/mol. The van der Waals surface area contributed by atoms with E-state index in [-0.39, 0.29) is 29.7 Å². The number of aliphatic hydroxyl groups excluding tert-OH is 2. The molecule has 0 aromatic rings. The van der Waals surface area contributed by atoms with Crippen LogP contribution in [0.15, 0.2) is 0 Å². The Kier molecular flexibility index (Phi) is 18.2. The van der Waals surface area contributed by atoms with Crippen LogP contribution in [-0.4, -0.2) is 54.6 Å². The first-order valence-electron chi connectivity index (χ1n) is 9.12. The van der Waals surface area contributed by atoms with Crippen LogP contribution < -0.4 is 17.0 Å². The van der Waals surface area contributed by atoms with Gasteiger partial charge in [-0.05, 0) is 6.42 Å². The third-order valence-corrected chi connectivity index (χ3v) is 4.30. The molecule has 3 nitrogen and oxygen atoms in total. The average molecular weight is 382 g/mol. The molecule has 0 aliphatic rings. The van der Waals surface area contributed by atoms with Gasteiger partial charge in [-0.3, -0.25) is 0 Å². The van der Waals surface area contributed by atoms with Gasteiger partial charge in [-0.2, -0.15) is 0 Å². The first-order valence-corrected chi connectivity index (χ1v) is 9.12. The van der Waals surface area contributed by atoms with E-state index in [2.05, 4.69) is 21.0 Å². The zero-order valence-electron chi connectivity index (χ0n) is 15.2. The van der Waals surface area contributed by atoms with Crippen molar-refractivity contribution in [1.82, 2.24) is 0 Å². The molecule has 1 atom stereocenters. The number of halogens is 1. The molecule has 0 heterocycles. The standard InChI is InChI=1S/C18H40NO2.BrH/c1-4-5-6-7-8-9-10-11-12-13-14-18(21)17-19(2,3)15-16-20;/h18,20-21H,4-17H2,1-3H3;1H/q+1;/p-1. The summed E-state index contributed by atoms with van der Waals surface area (Å²) >= 11 is 0. The summed E-state index contributed by atoms with van der Waals surface area (Å²) in [4.78, 5) is 0. The second-order valence-corrected chi connectivity index (χ2v) is 7.19. The van der Waals surface area contributed by atoms with Crippen molar-refractivity contribution in [1.29, 1.82) is 0 Å². The van der Waals surface area contributed by atoms with Gasteiger partial charge in [-0.25, -0.2) is 0 Å². The molecular formula is C18H40BrNO2. The van der Waals surface area contributed by atoms with Crippen molar-refractivity contribution < 1.29 is 31.7 Å². The molecule has 0 bridgehead atoms. The van der Waals surface area contributed by atoms with Crippen LogP contribution in [0.5, 0.6) is 0 Å². The number of unbranched alkanes of at least 4 members (excludes halogenated alkanes) is 9. The summed E-state index contributed by atoms with van der Waals surface area (Å²) in [6, 6.07) is 0. The maximum absolute atomic E-state index is 10.0. The molecule has 22 heavy (non-hydrogen) atoms. The molecule has 0 amide bonds. The molecule has 0 radical (unpaired) electrons. The number of likely N-dealkylation sites (N-methyl/N-ethyl adjacent to an activating group) is 1. The van der Waals surface area contributed by atoms with Gasteiger partial charge in [0.05, 0.1) is 20.7 Å². The maximum atomic E-state index is 10.0. The van der Waals surface area contributed by atoms with E-state index in [9.17, 15) is 5.11 Å². The Morgan fingerprint density at radius 2 is 1.27 bits per heavy atom. The number of quaternary nitrogens is 1. The Hall–Kier alpha value is 0.360. The molecule has 0 saturated carbocycles. The minimum atomic E-state index is -0.222. The highest BCUT2D eigenvalue weighted by atomic mass is 79.9. The summed E-state index contributed by atoms with van der Waals surface area (Å²) in [5.41, 5.74) is 0. The van der Waals surface area contributed by atoms with Crippen LogP contribution in [0.3, 0.4) is 0 Å². The van der Waals surface area contributed by atoms with E-state index in [0.29, 0.717) is 4.48 Å². The molecule has 0 spiro atoms. The van der Waals surface area contributed by atoms with Crippen molar-refractivity contribution >= 4 is 0 Å². The minimum absolute atomic E-state index is 0. The van der Waals surface area contributed by atoms with Gasteiger partial charge < -0.3 is 31.7 Å². The van der Waals surface area contributed by atoms with Crippen LogP contribution >= 0.6 is 0 Å². The fraction of sp³-hybridized carbons (Fsp3) is 1.00. The van der Waals surface area contributed by atoms with Gasteiger partial charge in [-0.15, -0.1) is 0 Å². The molecule has 136 valence electrons. The fourth-order valence-corrected chi connectivity index (χ4v) is 2.89. The molecule has 0 aromatic heterocycles. The van der Waals surface area contributed by atoms with Gasteiger partial charge in [0.2, 0.25) is 0 Å². The van der Waals surface area contributed by atoms with Crippen LogP contribution in [0.25, 0.3) is 0 Å². The van der Waals surface area contributed by atoms with Gasteiger partial charge in [0.1, 0.15) is 19.2 Å². The van der Waals surface area contributed by atoms with Crippen molar-refractivity contribution in [2.45, 2.75) is 83.7 Å². The highest BCUT2D eigenvalue weighted by Gasteiger charge is 2.19. The number of nitrogens with zero attached hydrogens (tertiary/aromatic N) is 1. The Labute approximate surface area is 149 Å². The molecule has 4 heteroatoms. The second kappa shape index (κ2) is 16.2. The van der Waals surface area contributed by atoms with Crippen LogP contribution in [0, 0.1) is 0 Å². The summed E-state index contributed by atoms with van der Waals surface area (Å²) < 4.78 is 0.704. The van der Waals surface area contributed by atoms with Crippen molar-refractivity contribution in [3.8, 4) is 0 Å². The highest BCUT2D eigenvalue weighted by molar-refractivity contribution is 4.56. The maximum Gasteiger partial charge on any atom is 0.105 e. The largest absolute Gasteiger partial charge is 1.00 e. The normalized spacial score (nSPS) is 13.0. The number of hydrogen-bond acceptors (Lipinski definition) is 2. The quantitative estimate of drug-likeness (QED) is 0.324. The average Bonchev–Trinajstić information content (AvgIpc) is 2.40. The van der Waals surface area contributed by atoms with Crippen LogP contribution in [0.4, 0.5) is 0 Å². The summed E-state index contributed by atoms with van der Waals surface area (Å²) in [5.74, 6) is 0. The van der Waals surface area contributed by atoms with Crippen LogP contribution in [-0.2, 0) is 0 Å². The number of aliphatic hydroxyl groups is 2. The van der Waals surface area contributed by atoms with E-state index in [1.807, 2.05) is 0 Å². The van der Waals surface area contributed by atoms with Crippen molar-refractivity contribution in [3.05, 3.63) is 0 Å². The predicted octanol–water partition coefficient (Wildman–Crippen LogP) is 0.731. The summed E-state index contributed by atoms with van der Waals surface area (Å²) in [5, 5.41) is 19.0. The van der Waals surface area contributed by atoms with Gasteiger partial charge in [0.25, 0.3) is 0 Å². The Morgan fingerprint density at radius 1 is 0.818 bits per heavy atom. The van der Waals surface area contributed by atoms with Crippen LogP contribution in [0.1, 0.15) is 77.6 Å². The van der Waals surface area contributed by atoms with Crippen molar-refractivity contribution in [3.63, 3.8) is 0 Å². The molecule has 0 rings (SSSR count). The predicted molar refractivity (Wildman–Crippen MR) is 91.4 cm³/mol. The van der Waals surface area contributed by atoms with E-state index >= 15 is 0 Å². The van der Waals surface area contributed by atoms with Gasteiger partial charge in [0, 0.05) is 0 Å². The number of hydrogen-bond donors (Lipinski definition) is 2. The summed E-state index contributed by atoms with van der Waals surface area (Å²) in [6.07, 6.45) is 14.1. The van der Waals surface area contributed by atoms with Crippen molar-refractivity contribution in [2.75, 3.05) is 33.8 Å². The van der Waals surface area contributed by atoms with Crippen LogP contribution in [0.2, 0.25) is 0 Å². The van der Waals surface area contributed by atoms with Gasteiger partial charge >= 0.3 is 0 Å². The molecule has 0 aromatic carbocycles. The first-order chi connectivity index (χ1) is 10.0. The molecule has 0 fully saturated rings. The minimum Gasteiger partial charge on any atom is -1.00 e. The van der Waals surface area contributed by atoms with E-state index in [0.717, 1.165) is 25.9 Å². The fourth-order valence-electron chi connectivity index (χ4n) is 2.89. The lowest BCUT2D eigenvalue weighted by atomic mass is 10.0. The van der Waals surface area contributed by atoms with Gasteiger partial charge in [0.15, 0.2) is 0 Å². The zero-order chi connectivity index (χ0) is 16.0. The van der Waals surface area contributed by atoms with E-state index < -0.39 is 0 Å². The Morgan fingerprint density at radius 3 is 1.73 bits per heavy atom. The second-order valence-electron chi connectivity index (χ2n) is 7.19.